The highest BCUT2D eigenvalue weighted by atomic mass is 16.3. The van der Waals surface area contributed by atoms with Gasteiger partial charge in [0, 0.05) is 11.1 Å². The maximum Gasteiger partial charge on any atom is 0.193 e. The van der Waals surface area contributed by atoms with E-state index in [1.54, 1.807) is 19.1 Å². The second-order valence-electron chi connectivity index (χ2n) is 4.49. The van der Waals surface area contributed by atoms with Crippen LogP contribution in [0.1, 0.15) is 34.0 Å². The number of aliphatic hydroxyl groups is 1. The van der Waals surface area contributed by atoms with Crippen LogP contribution in [0.4, 0.5) is 0 Å². The summed E-state index contributed by atoms with van der Waals surface area (Å²) in [5.41, 5.74) is 1.46. The number of ketones is 1. The minimum atomic E-state index is -1.10. The summed E-state index contributed by atoms with van der Waals surface area (Å²) in [6.45, 7) is 1.73. The molecule has 1 aliphatic rings. The number of carbonyl (C=O) groups excluding carboxylic acids is 1. The van der Waals surface area contributed by atoms with Crippen LogP contribution >= 0.6 is 0 Å². The van der Waals surface area contributed by atoms with Crippen LogP contribution in [0.25, 0.3) is 0 Å². The quantitative estimate of drug-likeness (QED) is 0.746. The number of hydrogen-bond donors (Lipinski definition) is 1. The Labute approximate surface area is 99.5 Å². The number of fused-ring (bicyclic) bond motifs is 2. The average molecular weight is 224 g/mol. The maximum absolute atomic E-state index is 12.3. The van der Waals surface area contributed by atoms with Crippen molar-refractivity contribution in [3.05, 3.63) is 70.8 Å². The molecule has 17 heavy (non-hydrogen) atoms. The van der Waals surface area contributed by atoms with Crippen molar-refractivity contribution in [2.75, 3.05) is 0 Å². The average Bonchev–Trinajstić information content (AvgIpc) is 2.37. The molecule has 2 aromatic carbocycles. The van der Waals surface area contributed by atoms with E-state index in [1.165, 1.54) is 0 Å². The Bertz CT molecular complexity index is 560. The highest BCUT2D eigenvalue weighted by molar-refractivity contribution is 6.12. The molecule has 0 amide bonds. The topological polar surface area (TPSA) is 37.3 Å². The van der Waals surface area contributed by atoms with Gasteiger partial charge in [0.15, 0.2) is 5.78 Å². The van der Waals surface area contributed by atoms with E-state index in [9.17, 15) is 9.90 Å². The molecule has 2 nitrogen and oxygen atoms in total. The first-order valence-electron chi connectivity index (χ1n) is 5.58. The highest BCUT2D eigenvalue weighted by Crippen LogP contribution is 2.38. The van der Waals surface area contributed by atoms with Gasteiger partial charge in [-0.2, -0.15) is 0 Å². The fraction of sp³-hybridized carbons (Fsp3) is 0.133. The lowest BCUT2D eigenvalue weighted by molar-refractivity contribution is 0.0863. The first-order chi connectivity index (χ1) is 8.12. The Kier molecular flexibility index (Phi) is 1.98. The van der Waals surface area contributed by atoms with Crippen LogP contribution in [0.2, 0.25) is 0 Å². The molecule has 0 saturated heterocycles. The van der Waals surface area contributed by atoms with E-state index in [4.69, 9.17) is 0 Å². The van der Waals surface area contributed by atoms with Crippen molar-refractivity contribution in [3.63, 3.8) is 0 Å². The highest BCUT2D eigenvalue weighted by Gasteiger charge is 2.37. The summed E-state index contributed by atoms with van der Waals surface area (Å²) < 4.78 is 0. The summed E-state index contributed by atoms with van der Waals surface area (Å²) >= 11 is 0. The van der Waals surface area contributed by atoms with E-state index in [1.807, 2.05) is 36.4 Å². The van der Waals surface area contributed by atoms with Gasteiger partial charge in [-0.25, -0.2) is 0 Å². The summed E-state index contributed by atoms with van der Waals surface area (Å²) in [6, 6.07) is 14.5. The third-order valence-corrected chi connectivity index (χ3v) is 3.39. The molecule has 2 heteroatoms. The monoisotopic (exact) mass is 224 g/mol. The van der Waals surface area contributed by atoms with Gasteiger partial charge in [-0.1, -0.05) is 48.5 Å². The van der Waals surface area contributed by atoms with Gasteiger partial charge in [0.2, 0.25) is 0 Å². The lowest BCUT2D eigenvalue weighted by Crippen LogP contribution is -2.32. The van der Waals surface area contributed by atoms with Gasteiger partial charge in [-0.3, -0.25) is 4.79 Å². The zero-order valence-electron chi connectivity index (χ0n) is 9.47. The van der Waals surface area contributed by atoms with E-state index < -0.39 is 5.60 Å². The SMILES string of the molecule is CC1(O)c2ccccc2C(=O)c2ccccc21. The van der Waals surface area contributed by atoms with Crippen molar-refractivity contribution in [1.29, 1.82) is 0 Å². The third-order valence-electron chi connectivity index (χ3n) is 3.39. The zero-order valence-corrected chi connectivity index (χ0v) is 9.47. The van der Waals surface area contributed by atoms with Crippen LogP contribution in [0.15, 0.2) is 48.5 Å². The molecule has 0 unspecified atom stereocenters. The molecule has 1 aliphatic carbocycles. The molecular formula is C15H12O2. The summed E-state index contributed by atoms with van der Waals surface area (Å²) in [5, 5.41) is 10.6. The first-order valence-corrected chi connectivity index (χ1v) is 5.58. The normalized spacial score (nSPS) is 16.2. The van der Waals surface area contributed by atoms with E-state index in [0.717, 1.165) is 0 Å². The Balaban J connectivity index is 2.38. The van der Waals surface area contributed by atoms with Gasteiger partial charge < -0.3 is 5.11 Å². The Morgan fingerprint density at radius 1 is 0.882 bits per heavy atom. The molecule has 0 aliphatic heterocycles. The summed E-state index contributed by atoms with van der Waals surface area (Å²) in [5.74, 6) is -0.0114. The second kappa shape index (κ2) is 3.28. The van der Waals surface area contributed by atoms with Crippen LogP contribution < -0.4 is 0 Å². The fourth-order valence-corrected chi connectivity index (χ4v) is 2.50. The molecule has 0 aromatic heterocycles. The minimum Gasteiger partial charge on any atom is -0.381 e. The molecule has 3 rings (SSSR count). The van der Waals surface area contributed by atoms with Crippen LogP contribution in [-0.2, 0) is 5.60 Å². The van der Waals surface area contributed by atoms with Crippen molar-refractivity contribution < 1.29 is 9.90 Å². The summed E-state index contributed by atoms with van der Waals surface area (Å²) in [4.78, 5) is 12.3. The molecule has 0 spiro atoms. The number of carbonyl (C=O) groups is 1. The van der Waals surface area contributed by atoms with Gasteiger partial charge in [-0.05, 0) is 18.1 Å². The van der Waals surface area contributed by atoms with Crippen LogP contribution in [-0.4, -0.2) is 10.9 Å². The van der Waals surface area contributed by atoms with Crippen molar-refractivity contribution >= 4 is 5.78 Å². The predicted octanol–water partition coefficient (Wildman–Crippen LogP) is 2.49. The molecule has 0 radical (unpaired) electrons. The smallest absolute Gasteiger partial charge is 0.193 e. The molecule has 2 aromatic rings. The number of benzene rings is 2. The van der Waals surface area contributed by atoms with Gasteiger partial charge >= 0.3 is 0 Å². The maximum atomic E-state index is 12.3. The lowest BCUT2D eigenvalue weighted by Gasteiger charge is -2.32. The van der Waals surface area contributed by atoms with Gasteiger partial charge in [0.1, 0.15) is 5.60 Å². The number of hydrogen-bond acceptors (Lipinski definition) is 2. The van der Waals surface area contributed by atoms with Crippen LogP contribution in [0.3, 0.4) is 0 Å². The van der Waals surface area contributed by atoms with Gasteiger partial charge in [0.05, 0.1) is 0 Å². The predicted molar refractivity (Wildman–Crippen MR) is 65.0 cm³/mol. The Hall–Kier alpha value is -1.93. The van der Waals surface area contributed by atoms with Gasteiger partial charge in [-0.15, -0.1) is 0 Å². The van der Waals surface area contributed by atoms with Gasteiger partial charge in [0.25, 0.3) is 0 Å². The zero-order chi connectivity index (χ0) is 12.0. The van der Waals surface area contributed by atoms with Crippen molar-refractivity contribution in [2.24, 2.45) is 0 Å². The van der Waals surface area contributed by atoms with E-state index in [-0.39, 0.29) is 5.78 Å². The molecule has 0 heterocycles. The molecule has 0 atom stereocenters. The Morgan fingerprint density at radius 2 is 1.29 bits per heavy atom. The van der Waals surface area contributed by atoms with Crippen LogP contribution in [0.5, 0.6) is 0 Å². The minimum absolute atomic E-state index is 0.0114. The fourth-order valence-electron chi connectivity index (χ4n) is 2.50. The molecular weight excluding hydrogens is 212 g/mol. The summed E-state index contributed by atoms with van der Waals surface area (Å²) in [6.07, 6.45) is 0. The molecule has 0 bridgehead atoms. The van der Waals surface area contributed by atoms with Crippen molar-refractivity contribution in [3.8, 4) is 0 Å². The lowest BCUT2D eigenvalue weighted by atomic mass is 9.75. The Morgan fingerprint density at radius 3 is 1.76 bits per heavy atom. The molecule has 0 fully saturated rings. The third kappa shape index (κ3) is 1.28. The standard InChI is InChI=1S/C15H12O2/c1-15(17)12-8-4-2-6-10(12)14(16)11-7-3-5-9-13(11)15/h2-9,17H,1H3. The number of rotatable bonds is 0. The second-order valence-corrected chi connectivity index (χ2v) is 4.49. The van der Waals surface area contributed by atoms with E-state index >= 15 is 0 Å². The first kappa shape index (κ1) is 10.2. The van der Waals surface area contributed by atoms with Crippen molar-refractivity contribution in [2.45, 2.75) is 12.5 Å². The summed E-state index contributed by atoms with van der Waals surface area (Å²) in [7, 11) is 0. The van der Waals surface area contributed by atoms with Crippen LogP contribution in [0, 0.1) is 0 Å². The van der Waals surface area contributed by atoms with E-state index in [2.05, 4.69) is 0 Å². The molecule has 0 saturated carbocycles. The van der Waals surface area contributed by atoms with Crippen molar-refractivity contribution in [1.82, 2.24) is 0 Å². The molecule has 84 valence electrons. The molecule has 1 N–H and O–H groups in total. The largest absolute Gasteiger partial charge is 0.381 e. The van der Waals surface area contributed by atoms with E-state index in [0.29, 0.717) is 22.3 Å².